The Morgan fingerprint density at radius 2 is 2.05 bits per heavy atom. The summed E-state index contributed by atoms with van der Waals surface area (Å²) in [6.07, 6.45) is 1.68. The number of ether oxygens (including phenoxy) is 2. The normalized spacial score (nSPS) is 10.2. The van der Waals surface area contributed by atoms with Crippen molar-refractivity contribution in [3.8, 4) is 11.6 Å². The first-order valence-corrected chi connectivity index (χ1v) is 6.84. The minimum atomic E-state index is 0.521. The molecular formula is C14H16BrN3O2. The van der Waals surface area contributed by atoms with Gasteiger partial charge < -0.3 is 14.4 Å². The highest BCUT2D eigenvalue weighted by molar-refractivity contribution is 9.10. The van der Waals surface area contributed by atoms with Crippen LogP contribution in [0.25, 0.3) is 0 Å². The van der Waals surface area contributed by atoms with Gasteiger partial charge in [-0.05, 0) is 33.6 Å². The maximum absolute atomic E-state index is 5.22. The molecule has 0 atom stereocenters. The Bertz CT molecular complexity index is 592. The number of hydrogen-bond acceptors (Lipinski definition) is 5. The second-order valence-electron chi connectivity index (χ2n) is 4.23. The summed E-state index contributed by atoms with van der Waals surface area (Å²) in [5.74, 6) is 1.96. The molecule has 0 radical (unpaired) electrons. The maximum atomic E-state index is 5.22. The Balaban J connectivity index is 2.16. The summed E-state index contributed by atoms with van der Waals surface area (Å²) < 4.78 is 11.1. The van der Waals surface area contributed by atoms with E-state index in [2.05, 4.69) is 25.9 Å². The van der Waals surface area contributed by atoms with Crippen LogP contribution in [0.3, 0.4) is 0 Å². The molecule has 0 N–H and O–H groups in total. The molecule has 0 aliphatic rings. The van der Waals surface area contributed by atoms with Gasteiger partial charge in [-0.1, -0.05) is 12.1 Å². The van der Waals surface area contributed by atoms with Crippen molar-refractivity contribution >= 4 is 21.9 Å². The quantitative estimate of drug-likeness (QED) is 0.839. The summed E-state index contributed by atoms with van der Waals surface area (Å²) in [4.78, 5) is 10.6. The summed E-state index contributed by atoms with van der Waals surface area (Å²) in [5.41, 5.74) is 1.12. The second-order valence-corrected chi connectivity index (χ2v) is 5.09. The van der Waals surface area contributed by atoms with Gasteiger partial charge in [-0.3, -0.25) is 0 Å². The van der Waals surface area contributed by atoms with E-state index in [1.807, 2.05) is 36.2 Å². The van der Waals surface area contributed by atoms with Crippen LogP contribution >= 0.6 is 15.9 Å². The van der Waals surface area contributed by atoms with Gasteiger partial charge in [0.25, 0.3) is 0 Å². The van der Waals surface area contributed by atoms with Crippen molar-refractivity contribution in [2.24, 2.45) is 0 Å². The molecule has 0 saturated carbocycles. The lowest BCUT2D eigenvalue weighted by molar-refractivity contribution is 0.394. The highest BCUT2D eigenvalue weighted by Crippen LogP contribution is 2.24. The van der Waals surface area contributed by atoms with Crippen LogP contribution in [-0.4, -0.2) is 31.2 Å². The fourth-order valence-electron chi connectivity index (χ4n) is 1.79. The third kappa shape index (κ3) is 3.39. The first-order chi connectivity index (χ1) is 9.63. The van der Waals surface area contributed by atoms with Crippen molar-refractivity contribution < 1.29 is 9.47 Å². The average Bonchev–Trinajstić information content (AvgIpc) is 2.47. The van der Waals surface area contributed by atoms with E-state index < -0.39 is 0 Å². The molecule has 0 spiro atoms. The number of halogens is 1. The van der Waals surface area contributed by atoms with Crippen LogP contribution in [0.5, 0.6) is 11.6 Å². The zero-order chi connectivity index (χ0) is 14.5. The summed E-state index contributed by atoms with van der Waals surface area (Å²) in [6.45, 7) is 0.683. The van der Waals surface area contributed by atoms with Gasteiger partial charge in [-0.2, -0.15) is 4.98 Å². The topological polar surface area (TPSA) is 47.5 Å². The van der Waals surface area contributed by atoms with Crippen LogP contribution in [0.4, 0.5) is 5.95 Å². The van der Waals surface area contributed by atoms with E-state index in [1.165, 1.54) is 0 Å². The van der Waals surface area contributed by atoms with Crippen LogP contribution < -0.4 is 14.4 Å². The zero-order valence-electron chi connectivity index (χ0n) is 11.6. The highest BCUT2D eigenvalue weighted by atomic mass is 79.9. The number of nitrogens with zero attached hydrogens (tertiary/aromatic N) is 3. The lowest BCUT2D eigenvalue weighted by atomic mass is 10.2. The molecule has 2 aromatic rings. The van der Waals surface area contributed by atoms with Gasteiger partial charge in [-0.25, -0.2) is 4.98 Å². The Kier molecular flexibility index (Phi) is 4.79. The monoisotopic (exact) mass is 337 g/mol. The first-order valence-electron chi connectivity index (χ1n) is 6.04. The molecule has 0 fully saturated rings. The van der Waals surface area contributed by atoms with E-state index in [-0.39, 0.29) is 0 Å². The molecule has 1 aromatic carbocycles. The van der Waals surface area contributed by atoms with Crippen molar-refractivity contribution in [3.05, 3.63) is 40.5 Å². The van der Waals surface area contributed by atoms with E-state index in [9.17, 15) is 0 Å². The Morgan fingerprint density at radius 1 is 1.25 bits per heavy atom. The van der Waals surface area contributed by atoms with Gasteiger partial charge in [0.05, 0.1) is 24.9 Å². The zero-order valence-corrected chi connectivity index (χ0v) is 13.2. The van der Waals surface area contributed by atoms with Gasteiger partial charge in [0, 0.05) is 13.6 Å². The first kappa shape index (κ1) is 14.6. The molecule has 1 aromatic heterocycles. The molecular weight excluding hydrogens is 322 g/mol. The average molecular weight is 338 g/mol. The smallest absolute Gasteiger partial charge is 0.232 e. The second kappa shape index (κ2) is 6.56. The molecule has 6 heteroatoms. The van der Waals surface area contributed by atoms with E-state index in [0.29, 0.717) is 18.4 Å². The lowest BCUT2D eigenvalue weighted by Crippen LogP contribution is -2.19. The van der Waals surface area contributed by atoms with Crippen molar-refractivity contribution in [2.45, 2.75) is 6.54 Å². The SMILES string of the molecule is COc1cccc(CN(C)c2ncc(Br)c(OC)n2)c1. The van der Waals surface area contributed by atoms with E-state index in [1.54, 1.807) is 20.4 Å². The van der Waals surface area contributed by atoms with E-state index >= 15 is 0 Å². The van der Waals surface area contributed by atoms with E-state index in [4.69, 9.17) is 9.47 Å². The molecule has 0 unspecified atom stereocenters. The summed E-state index contributed by atoms with van der Waals surface area (Å²) >= 11 is 3.34. The third-order valence-corrected chi connectivity index (χ3v) is 3.33. The molecule has 0 saturated heterocycles. The molecule has 1 heterocycles. The predicted molar refractivity (Wildman–Crippen MR) is 81.4 cm³/mol. The number of methoxy groups -OCH3 is 2. The Labute approximate surface area is 126 Å². The van der Waals surface area contributed by atoms with Gasteiger partial charge >= 0.3 is 0 Å². The van der Waals surface area contributed by atoms with Crippen molar-refractivity contribution in [1.82, 2.24) is 9.97 Å². The fraction of sp³-hybridized carbons (Fsp3) is 0.286. The van der Waals surface area contributed by atoms with Gasteiger partial charge in [0.1, 0.15) is 5.75 Å². The molecule has 106 valence electrons. The van der Waals surface area contributed by atoms with Crippen LogP contribution in [0.15, 0.2) is 34.9 Å². The molecule has 0 aliphatic carbocycles. The standard InChI is InChI=1S/C14H16BrN3O2/c1-18(9-10-5-4-6-11(7-10)19-2)14-16-8-12(15)13(17-14)20-3/h4-8H,9H2,1-3H3. The summed E-state index contributed by atoms with van der Waals surface area (Å²) in [5, 5.41) is 0. The van der Waals surface area contributed by atoms with Gasteiger partial charge in [0.2, 0.25) is 11.8 Å². The van der Waals surface area contributed by atoms with Gasteiger partial charge in [-0.15, -0.1) is 0 Å². The molecule has 0 aliphatic heterocycles. The number of aromatic nitrogens is 2. The predicted octanol–water partition coefficient (Wildman–Crippen LogP) is 2.89. The van der Waals surface area contributed by atoms with Crippen LogP contribution in [-0.2, 0) is 6.54 Å². The van der Waals surface area contributed by atoms with E-state index in [0.717, 1.165) is 15.8 Å². The molecule has 0 bridgehead atoms. The van der Waals surface area contributed by atoms with Crippen LogP contribution in [0.1, 0.15) is 5.56 Å². The molecule has 2 rings (SSSR count). The fourth-order valence-corrected chi connectivity index (χ4v) is 2.14. The summed E-state index contributed by atoms with van der Waals surface area (Å²) in [6, 6.07) is 7.91. The van der Waals surface area contributed by atoms with Crippen molar-refractivity contribution in [3.63, 3.8) is 0 Å². The molecule has 20 heavy (non-hydrogen) atoms. The Morgan fingerprint density at radius 3 is 2.75 bits per heavy atom. The maximum Gasteiger partial charge on any atom is 0.232 e. The molecule has 0 amide bonds. The van der Waals surface area contributed by atoms with Gasteiger partial charge in [0.15, 0.2) is 0 Å². The minimum absolute atomic E-state index is 0.521. The number of rotatable bonds is 5. The molecule has 5 nitrogen and oxygen atoms in total. The largest absolute Gasteiger partial charge is 0.497 e. The number of anilines is 1. The minimum Gasteiger partial charge on any atom is -0.497 e. The van der Waals surface area contributed by atoms with Crippen LogP contribution in [0, 0.1) is 0 Å². The lowest BCUT2D eigenvalue weighted by Gasteiger charge is -2.18. The Hall–Kier alpha value is -1.82. The number of hydrogen-bond donors (Lipinski definition) is 0. The van der Waals surface area contributed by atoms with Crippen molar-refractivity contribution in [1.29, 1.82) is 0 Å². The number of benzene rings is 1. The van der Waals surface area contributed by atoms with Crippen LogP contribution in [0.2, 0.25) is 0 Å². The van der Waals surface area contributed by atoms with Crippen molar-refractivity contribution in [2.75, 3.05) is 26.2 Å². The summed E-state index contributed by atoms with van der Waals surface area (Å²) in [7, 11) is 5.17. The highest BCUT2D eigenvalue weighted by Gasteiger charge is 2.10. The third-order valence-electron chi connectivity index (χ3n) is 2.79.